The van der Waals surface area contributed by atoms with Crippen molar-refractivity contribution in [3.05, 3.63) is 70.4 Å². The minimum atomic E-state index is -0.276. The second-order valence-corrected chi connectivity index (χ2v) is 5.92. The molecule has 2 rings (SSSR count). The number of carbonyl (C=O) groups is 1. The summed E-state index contributed by atoms with van der Waals surface area (Å²) in [5.41, 5.74) is 0.754. The Labute approximate surface area is 135 Å². The highest BCUT2D eigenvalue weighted by molar-refractivity contribution is 5.76. The molecule has 0 saturated heterocycles. The van der Waals surface area contributed by atoms with Crippen molar-refractivity contribution in [2.45, 2.75) is 32.9 Å². The van der Waals surface area contributed by atoms with E-state index in [1.165, 1.54) is 22.8 Å². The molecule has 0 spiro atoms. The van der Waals surface area contributed by atoms with Crippen LogP contribution in [0.15, 0.2) is 53.5 Å². The number of benzene rings is 1. The number of pyridine rings is 1. The molecular formula is C18H21FN2O2. The van der Waals surface area contributed by atoms with E-state index < -0.39 is 0 Å². The van der Waals surface area contributed by atoms with Gasteiger partial charge in [0, 0.05) is 18.3 Å². The van der Waals surface area contributed by atoms with Gasteiger partial charge in [0.2, 0.25) is 5.91 Å². The van der Waals surface area contributed by atoms with Gasteiger partial charge in [0.1, 0.15) is 12.4 Å². The smallest absolute Gasteiger partial charge is 0.250 e. The number of rotatable bonds is 6. The molecule has 0 saturated carbocycles. The van der Waals surface area contributed by atoms with Crippen LogP contribution in [0.4, 0.5) is 4.39 Å². The van der Waals surface area contributed by atoms with E-state index in [0.717, 1.165) is 5.56 Å². The Bertz CT molecular complexity index is 707. The molecule has 1 heterocycles. The number of hydrogen-bond donors (Lipinski definition) is 1. The highest BCUT2D eigenvalue weighted by Crippen LogP contribution is 2.11. The summed E-state index contributed by atoms with van der Waals surface area (Å²) >= 11 is 0. The molecule has 1 atom stereocenters. The number of nitrogens with one attached hydrogen (secondary N) is 1. The lowest BCUT2D eigenvalue weighted by Crippen LogP contribution is -2.42. The number of hydrogen-bond acceptors (Lipinski definition) is 2. The molecule has 1 unspecified atom stereocenters. The minimum absolute atomic E-state index is 0.00763. The van der Waals surface area contributed by atoms with Gasteiger partial charge in [-0.2, -0.15) is 0 Å². The van der Waals surface area contributed by atoms with Crippen molar-refractivity contribution in [1.82, 2.24) is 9.88 Å². The van der Waals surface area contributed by atoms with Crippen LogP contribution in [-0.4, -0.2) is 16.5 Å². The van der Waals surface area contributed by atoms with Gasteiger partial charge in [-0.05, 0) is 36.1 Å². The Morgan fingerprint density at radius 2 is 1.87 bits per heavy atom. The molecule has 1 N–H and O–H groups in total. The van der Waals surface area contributed by atoms with Crippen molar-refractivity contribution in [2.75, 3.05) is 0 Å². The molecule has 4 nitrogen and oxygen atoms in total. The largest absolute Gasteiger partial charge is 0.351 e. The highest BCUT2D eigenvalue weighted by Gasteiger charge is 2.17. The zero-order chi connectivity index (χ0) is 16.8. The maximum absolute atomic E-state index is 13.0. The van der Waals surface area contributed by atoms with E-state index in [-0.39, 0.29) is 35.8 Å². The molecule has 1 aromatic carbocycles. The fraction of sp³-hybridized carbons (Fsp3) is 0.333. The molecular weight excluding hydrogens is 295 g/mol. The highest BCUT2D eigenvalue weighted by atomic mass is 19.1. The van der Waals surface area contributed by atoms with Crippen LogP contribution in [0.1, 0.15) is 19.4 Å². The topological polar surface area (TPSA) is 51.1 Å². The molecule has 122 valence electrons. The van der Waals surface area contributed by atoms with Crippen molar-refractivity contribution < 1.29 is 9.18 Å². The summed E-state index contributed by atoms with van der Waals surface area (Å²) in [7, 11) is 0. The third-order valence-corrected chi connectivity index (χ3v) is 3.73. The molecule has 1 amide bonds. The SMILES string of the molecule is CC(C)C(Cc1ccc(F)cc1)NC(=O)Cn1ccccc1=O. The van der Waals surface area contributed by atoms with E-state index >= 15 is 0 Å². The average molecular weight is 316 g/mol. The quantitative estimate of drug-likeness (QED) is 0.889. The lowest BCUT2D eigenvalue weighted by atomic mass is 9.96. The summed E-state index contributed by atoms with van der Waals surface area (Å²) in [5, 5.41) is 2.96. The first-order valence-electron chi connectivity index (χ1n) is 7.65. The van der Waals surface area contributed by atoms with Gasteiger partial charge in [0.05, 0.1) is 0 Å². The summed E-state index contributed by atoms with van der Waals surface area (Å²) in [6, 6.07) is 11.0. The van der Waals surface area contributed by atoms with Crippen LogP contribution in [-0.2, 0) is 17.8 Å². The Kier molecular flexibility index (Phi) is 5.68. The zero-order valence-electron chi connectivity index (χ0n) is 13.3. The molecule has 0 radical (unpaired) electrons. The van der Waals surface area contributed by atoms with Crippen molar-refractivity contribution >= 4 is 5.91 Å². The van der Waals surface area contributed by atoms with E-state index in [0.29, 0.717) is 6.42 Å². The van der Waals surface area contributed by atoms with Gasteiger partial charge in [-0.3, -0.25) is 9.59 Å². The Morgan fingerprint density at radius 3 is 2.48 bits per heavy atom. The predicted molar refractivity (Wildman–Crippen MR) is 87.6 cm³/mol. The molecule has 1 aromatic heterocycles. The summed E-state index contributed by atoms with van der Waals surface area (Å²) in [6.07, 6.45) is 2.21. The van der Waals surface area contributed by atoms with E-state index in [4.69, 9.17) is 0 Å². The van der Waals surface area contributed by atoms with Crippen molar-refractivity contribution in [1.29, 1.82) is 0 Å². The van der Waals surface area contributed by atoms with E-state index in [1.807, 2.05) is 13.8 Å². The first-order chi connectivity index (χ1) is 11.0. The van der Waals surface area contributed by atoms with Gasteiger partial charge in [0.15, 0.2) is 0 Å². The number of amides is 1. The fourth-order valence-corrected chi connectivity index (χ4v) is 2.33. The second-order valence-electron chi connectivity index (χ2n) is 5.92. The summed E-state index contributed by atoms with van der Waals surface area (Å²) in [6.45, 7) is 4.03. The molecule has 23 heavy (non-hydrogen) atoms. The normalized spacial score (nSPS) is 12.2. The number of carbonyl (C=O) groups excluding carboxylic acids is 1. The number of aromatic nitrogens is 1. The van der Waals surface area contributed by atoms with Gasteiger partial charge in [-0.15, -0.1) is 0 Å². The number of nitrogens with zero attached hydrogens (tertiary/aromatic N) is 1. The van der Waals surface area contributed by atoms with Crippen molar-refractivity contribution in [3.63, 3.8) is 0 Å². The van der Waals surface area contributed by atoms with Gasteiger partial charge in [-0.1, -0.05) is 32.0 Å². The lowest BCUT2D eigenvalue weighted by molar-refractivity contribution is -0.122. The molecule has 0 fully saturated rings. The third kappa shape index (κ3) is 5.06. The van der Waals surface area contributed by atoms with Gasteiger partial charge in [0.25, 0.3) is 5.56 Å². The molecule has 0 aliphatic carbocycles. The summed E-state index contributed by atoms with van der Waals surface area (Å²) in [5.74, 6) is -0.266. The first-order valence-corrected chi connectivity index (χ1v) is 7.65. The Hall–Kier alpha value is -2.43. The van der Waals surface area contributed by atoms with Gasteiger partial charge < -0.3 is 9.88 Å². The van der Waals surface area contributed by atoms with Crippen molar-refractivity contribution in [2.24, 2.45) is 5.92 Å². The number of halogens is 1. The molecule has 0 bridgehead atoms. The second kappa shape index (κ2) is 7.72. The lowest BCUT2D eigenvalue weighted by Gasteiger charge is -2.23. The average Bonchev–Trinajstić information content (AvgIpc) is 2.51. The van der Waals surface area contributed by atoms with Crippen LogP contribution in [0.2, 0.25) is 0 Å². The molecule has 5 heteroatoms. The molecule has 0 aliphatic rings. The fourth-order valence-electron chi connectivity index (χ4n) is 2.33. The third-order valence-electron chi connectivity index (χ3n) is 3.73. The van der Waals surface area contributed by atoms with Crippen LogP contribution in [0.25, 0.3) is 0 Å². The standard InChI is InChI=1S/C18H21FN2O2/c1-13(2)16(11-14-6-8-15(19)9-7-14)20-17(22)12-21-10-4-3-5-18(21)23/h3-10,13,16H,11-12H2,1-2H3,(H,20,22). The van der Waals surface area contributed by atoms with Crippen LogP contribution in [0.5, 0.6) is 0 Å². The van der Waals surface area contributed by atoms with Crippen LogP contribution in [0, 0.1) is 11.7 Å². The van der Waals surface area contributed by atoms with Crippen LogP contribution < -0.4 is 10.9 Å². The molecule has 0 aliphatic heterocycles. The predicted octanol–water partition coefficient (Wildman–Crippen LogP) is 2.37. The maximum atomic E-state index is 13.0. The molecule has 2 aromatic rings. The van der Waals surface area contributed by atoms with Crippen molar-refractivity contribution in [3.8, 4) is 0 Å². The monoisotopic (exact) mass is 316 g/mol. The first kappa shape index (κ1) is 16.9. The van der Waals surface area contributed by atoms with Crippen LogP contribution >= 0.6 is 0 Å². The Morgan fingerprint density at radius 1 is 1.17 bits per heavy atom. The summed E-state index contributed by atoms with van der Waals surface area (Å²) < 4.78 is 14.3. The van der Waals surface area contributed by atoms with E-state index in [2.05, 4.69) is 5.32 Å². The van der Waals surface area contributed by atoms with Gasteiger partial charge >= 0.3 is 0 Å². The Balaban J connectivity index is 2.01. The zero-order valence-corrected chi connectivity index (χ0v) is 13.3. The van der Waals surface area contributed by atoms with Crippen LogP contribution in [0.3, 0.4) is 0 Å². The minimum Gasteiger partial charge on any atom is -0.351 e. The summed E-state index contributed by atoms with van der Waals surface area (Å²) in [4.78, 5) is 23.8. The van der Waals surface area contributed by atoms with Gasteiger partial charge in [-0.25, -0.2) is 4.39 Å². The van der Waals surface area contributed by atoms with E-state index in [9.17, 15) is 14.0 Å². The van der Waals surface area contributed by atoms with E-state index in [1.54, 1.807) is 30.5 Å². The maximum Gasteiger partial charge on any atom is 0.250 e.